The predicted molar refractivity (Wildman–Crippen MR) is 56.4 cm³/mol. The van der Waals surface area contributed by atoms with Crippen LogP contribution in [0.2, 0.25) is 0 Å². The molecule has 1 atom stereocenters. The second-order valence-corrected chi connectivity index (χ2v) is 3.29. The molecular formula is C11H17NO3. The van der Waals surface area contributed by atoms with E-state index in [1.165, 1.54) is 0 Å². The van der Waals surface area contributed by atoms with Gasteiger partial charge in [-0.25, -0.2) is 0 Å². The molecule has 0 aliphatic heterocycles. The Hall–Kier alpha value is -1.29. The quantitative estimate of drug-likeness (QED) is 0.781. The van der Waals surface area contributed by atoms with E-state index in [4.69, 9.17) is 9.15 Å². The van der Waals surface area contributed by atoms with Crippen LogP contribution in [0.5, 0.6) is 0 Å². The van der Waals surface area contributed by atoms with Crippen molar-refractivity contribution in [1.82, 2.24) is 5.32 Å². The summed E-state index contributed by atoms with van der Waals surface area (Å²) in [6, 6.07) is 3.63. The number of ether oxygens (including phenoxy) is 1. The molecule has 0 aliphatic carbocycles. The minimum absolute atomic E-state index is 0.0473. The molecule has 0 unspecified atom stereocenters. The molecule has 0 saturated heterocycles. The summed E-state index contributed by atoms with van der Waals surface area (Å²) in [5.74, 6) is 0.778. The zero-order chi connectivity index (χ0) is 11.1. The van der Waals surface area contributed by atoms with Crippen molar-refractivity contribution >= 4 is 5.91 Å². The normalized spacial score (nSPS) is 12.4. The molecule has 1 amide bonds. The summed E-state index contributed by atoms with van der Waals surface area (Å²) in [7, 11) is 1.60. The van der Waals surface area contributed by atoms with E-state index in [1.807, 2.05) is 13.0 Å². The Morgan fingerprint density at radius 3 is 3.00 bits per heavy atom. The predicted octanol–water partition coefficient (Wildman–Crippen LogP) is 1.88. The maximum absolute atomic E-state index is 11.2. The largest absolute Gasteiger partial charge is 0.467 e. The molecule has 4 heteroatoms. The standard InChI is InChI=1S/C11H17NO3/c1-3-5-11(13)12-8-10(14-2)9-6-4-7-15-9/h4,6-7,10H,3,5,8H2,1-2H3,(H,12,13)/t10-/m0/s1. The van der Waals surface area contributed by atoms with E-state index >= 15 is 0 Å². The van der Waals surface area contributed by atoms with Gasteiger partial charge in [0.15, 0.2) is 0 Å². The Labute approximate surface area is 89.6 Å². The van der Waals surface area contributed by atoms with Crippen LogP contribution < -0.4 is 5.32 Å². The molecule has 15 heavy (non-hydrogen) atoms. The van der Waals surface area contributed by atoms with Gasteiger partial charge in [0.1, 0.15) is 11.9 Å². The van der Waals surface area contributed by atoms with Gasteiger partial charge in [0.2, 0.25) is 5.91 Å². The first-order valence-electron chi connectivity index (χ1n) is 5.10. The number of carbonyl (C=O) groups excluding carboxylic acids is 1. The lowest BCUT2D eigenvalue weighted by Gasteiger charge is -2.13. The van der Waals surface area contributed by atoms with Crippen molar-refractivity contribution in [2.45, 2.75) is 25.9 Å². The zero-order valence-corrected chi connectivity index (χ0v) is 9.16. The van der Waals surface area contributed by atoms with Crippen molar-refractivity contribution < 1.29 is 13.9 Å². The molecule has 0 aliphatic rings. The van der Waals surface area contributed by atoms with E-state index in [0.717, 1.165) is 12.2 Å². The van der Waals surface area contributed by atoms with Crippen LogP contribution in [0.15, 0.2) is 22.8 Å². The molecule has 0 spiro atoms. The first-order chi connectivity index (χ1) is 7.27. The number of hydrogen-bond acceptors (Lipinski definition) is 3. The molecular weight excluding hydrogens is 194 g/mol. The van der Waals surface area contributed by atoms with Gasteiger partial charge in [-0.15, -0.1) is 0 Å². The summed E-state index contributed by atoms with van der Waals surface area (Å²) in [4.78, 5) is 11.2. The van der Waals surface area contributed by atoms with E-state index < -0.39 is 0 Å². The monoisotopic (exact) mass is 211 g/mol. The minimum atomic E-state index is -0.208. The van der Waals surface area contributed by atoms with Gasteiger partial charge < -0.3 is 14.5 Å². The van der Waals surface area contributed by atoms with Crippen molar-refractivity contribution in [3.63, 3.8) is 0 Å². The highest BCUT2D eigenvalue weighted by molar-refractivity contribution is 5.75. The summed E-state index contributed by atoms with van der Waals surface area (Å²) in [5, 5.41) is 2.80. The van der Waals surface area contributed by atoms with Crippen molar-refractivity contribution in [2.75, 3.05) is 13.7 Å². The topological polar surface area (TPSA) is 51.5 Å². The summed E-state index contributed by atoms with van der Waals surface area (Å²) >= 11 is 0. The van der Waals surface area contributed by atoms with Crippen molar-refractivity contribution in [3.05, 3.63) is 24.2 Å². The number of hydrogen-bond donors (Lipinski definition) is 1. The lowest BCUT2D eigenvalue weighted by Crippen LogP contribution is -2.28. The lowest BCUT2D eigenvalue weighted by atomic mass is 10.2. The molecule has 0 saturated carbocycles. The van der Waals surface area contributed by atoms with Gasteiger partial charge in [-0.3, -0.25) is 4.79 Å². The molecule has 0 radical (unpaired) electrons. The van der Waals surface area contributed by atoms with Gasteiger partial charge in [-0.1, -0.05) is 6.92 Å². The Morgan fingerprint density at radius 2 is 2.47 bits per heavy atom. The number of methoxy groups -OCH3 is 1. The first kappa shape index (κ1) is 11.8. The Morgan fingerprint density at radius 1 is 1.67 bits per heavy atom. The van der Waals surface area contributed by atoms with Crippen LogP contribution >= 0.6 is 0 Å². The lowest BCUT2D eigenvalue weighted by molar-refractivity contribution is -0.121. The highest BCUT2D eigenvalue weighted by atomic mass is 16.5. The highest BCUT2D eigenvalue weighted by Gasteiger charge is 2.13. The van der Waals surface area contributed by atoms with Gasteiger partial charge in [0.05, 0.1) is 12.8 Å². The molecule has 1 heterocycles. The summed E-state index contributed by atoms with van der Waals surface area (Å²) in [5.41, 5.74) is 0. The van der Waals surface area contributed by atoms with E-state index in [2.05, 4.69) is 5.32 Å². The first-order valence-corrected chi connectivity index (χ1v) is 5.10. The molecule has 0 fully saturated rings. The van der Waals surface area contributed by atoms with Crippen LogP contribution in [-0.2, 0) is 9.53 Å². The smallest absolute Gasteiger partial charge is 0.220 e. The number of rotatable bonds is 6. The highest BCUT2D eigenvalue weighted by Crippen LogP contribution is 2.15. The second kappa shape index (κ2) is 6.24. The third-order valence-electron chi connectivity index (χ3n) is 2.11. The maximum atomic E-state index is 11.2. The van der Waals surface area contributed by atoms with Crippen LogP contribution in [0.1, 0.15) is 31.6 Å². The van der Waals surface area contributed by atoms with Gasteiger partial charge in [-0.2, -0.15) is 0 Å². The molecule has 1 aromatic rings. The van der Waals surface area contributed by atoms with Gasteiger partial charge >= 0.3 is 0 Å². The Kier molecular flexibility index (Phi) is 4.90. The molecule has 1 rings (SSSR count). The average molecular weight is 211 g/mol. The third-order valence-corrected chi connectivity index (χ3v) is 2.11. The van der Waals surface area contributed by atoms with Crippen LogP contribution in [0.3, 0.4) is 0 Å². The Balaban J connectivity index is 2.38. The van der Waals surface area contributed by atoms with Gasteiger partial charge in [-0.05, 0) is 18.6 Å². The minimum Gasteiger partial charge on any atom is -0.467 e. The molecule has 4 nitrogen and oxygen atoms in total. The van der Waals surface area contributed by atoms with Crippen molar-refractivity contribution in [2.24, 2.45) is 0 Å². The van der Waals surface area contributed by atoms with Crippen molar-refractivity contribution in [1.29, 1.82) is 0 Å². The molecule has 0 aromatic carbocycles. The second-order valence-electron chi connectivity index (χ2n) is 3.29. The van der Waals surface area contributed by atoms with Gasteiger partial charge in [0.25, 0.3) is 0 Å². The fourth-order valence-corrected chi connectivity index (χ4v) is 1.30. The molecule has 84 valence electrons. The van der Waals surface area contributed by atoms with E-state index in [1.54, 1.807) is 19.4 Å². The molecule has 1 N–H and O–H groups in total. The van der Waals surface area contributed by atoms with Crippen LogP contribution in [0, 0.1) is 0 Å². The molecule has 1 aromatic heterocycles. The van der Waals surface area contributed by atoms with E-state index in [-0.39, 0.29) is 12.0 Å². The van der Waals surface area contributed by atoms with Crippen molar-refractivity contribution in [3.8, 4) is 0 Å². The van der Waals surface area contributed by atoms with E-state index in [9.17, 15) is 4.79 Å². The summed E-state index contributed by atoms with van der Waals surface area (Å²) < 4.78 is 10.4. The Bertz CT molecular complexity index is 282. The average Bonchev–Trinajstić information content (AvgIpc) is 2.72. The fourth-order valence-electron chi connectivity index (χ4n) is 1.30. The number of carbonyl (C=O) groups is 1. The van der Waals surface area contributed by atoms with Gasteiger partial charge in [0, 0.05) is 13.5 Å². The zero-order valence-electron chi connectivity index (χ0n) is 9.16. The third kappa shape index (κ3) is 3.75. The number of furan rings is 1. The molecule has 0 bridgehead atoms. The maximum Gasteiger partial charge on any atom is 0.220 e. The summed E-state index contributed by atoms with van der Waals surface area (Å²) in [6.07, 6.45) is 2.79. The van der Waals surface area contributed by atoms with Crippen LogP contribution in [-0.4, -0.2) is 19.6 Å². The van der Waals surface area contributed by atoms with Crippen LogP contribution in [0.25, 0.3) is 0 Å². The number of amides is 1. The van der Waals surface area contributed by atoms with E-state index in [0.29, 0.717) is 13.0 Å². The summed E-state index contributed by atoms with van der Waals surface area (Å²) in [6.45, 7) is 2.42. The SMILES string of the molecule is CCCC(=O)NC[C@H](OC)c1ccco1. The van der Waals surface area contributed by atoms with Crippen LogP contribution in [0.4, 0.5) is 0 Å². The number of nitrogens with one attached hydrogen (secondary N) is 1. The fraction of sp³-hybridized carbons (Fsp3) is 0.545.